The second-order valence-corrected chi connectivity index (χ2v) is 10.2. The fraction of sp³-hybridized carbons (Fsp3) is 0.292. The second-order valence-electron chi connectivity index (χ2n) is 8.14. The van der Waals surface area contributed by atoms with Gasteiger partial charge in [0.25, 0.3) is 0 Å². The average molecular weight is 505 g/mol. The van der Waals surface area contributed by atoms with Crippen LogP contribution in [0.5, 0.6) is 0 Å². The number of aliphatic hydroxyl groups excluding tert-OH is 1. The molecule has 1 unspecified atom stereocenters. The Morgan fingerprint density at radius 3 is 2.32 bits per heavy atom. The summed E-state index contributed by atoms with van der Waals surface area (Å²) in [4.78, 5) is 23.2. The molecule has 0 saturated heterocycles. The third-order valence-corrected chi connectivity index (χ3v) is 6.51. The molecule has 10 heteroatoms. The molecule has 1 aromatic heterocycles. The minimum Gasteiger partial charge on any atom is -0.394 e. The van der Waals surface area contributed by atoms with Crippen molar-refractivity contribution in [3.8, 4) is 11.1 Å². The minimum absolute atomic E-state index is 0.296. The van der Waals surface area contributed by atoms with Crippen LogP contribution in [0.1, 0.15) is 30.0 Å². The summed E-state index contributed by atoms with van der Waals surface area (Å²) in [6.07, 6.45) is 0.806. The third-order valence-electron chi connectivity index (χ3n) is 5.36. The van der Waals surface area contributed by atoms with Crippen LogP contribution in [-0.2, 0) is 27.0 Å². The highest BCUT2D eigenvalue weighted by atomic mass is 32.1. The van der Waals surface area contributed by atoms with E-state index in [0.717, 1.165) is 22.4 Å². The predicted molar refractivity (Wildman–Crippen MR) is 134 cm³/mol. The summed E-state index contributed by atoms with van der Waals surface area (Å²) in [5, 5.41) is 17.9. The van der Waals surface area contributed by atoms with Crippen molar-refractivity contribution in [1.29, 1.82) is 0 Å². The maximum atomic E-state index is 10.9. The number of phosphoric ester groups is 1. The summed E-state index contributed by atoms with van der Waals surface area (Å²) in [5.41, 5.74) is 10.8. The van der Waals surface area contributed by atoms with Crippen molar-refractivity contribution < 1.29 is 28.8 Å². The lowest BCUT2D eigenvalue weighted by molar-refractivity contribution is 0.102. The standard InChI is InChI=1S/C24H29N2O6PS/c1-18(26-31-14-20-4-8-22(9-5-20)23-11-13-34-15-23)21-6-2-19(3-7-21)10-12-24(25,16-27)17-32-33(28,29)30/h2-9,11,13,15,27H,10,12,14,16-17,25H2,1H3,(H2,28,29,30)/b26-18+. The molecule has 0 radical (unpaired) electrons. The van der Waals surface area contributed by atoms with Gasteiger partial charge in [-0.15, -0.1) is 0 Å². The van der Waals surface area contributed by atoms with Crippen molar-refractivity contribution in [2.75, 3.05) is 13.2 Å². The van der Waals surface area contributed by atoms with Gasteiger partial charge in [-0.05, 0) is 64.4 Å². The number of hydrogen-bond acceptors (Lipinski definition) is 7. The van der Waals surface area contributed by atoms with Gasteiger partial charge in [0, 0.05) is 0 Å². The fourth-order valence-electron chi connectivity index (χ4n) is 3.19. The topological polar surface area (TPSA) is 135 Å². The monoisotopic (exact) mass is 504 g/mol. The van der Waals surface area contributed by atoms with E-state index in [1.54, 1.807) is 11.3 Å². The number of oxime groups is 1. The van der Waals surface area contributed by atoms with Gasteiger partial charge in [-0.2, -0.15) is 11.3 Å². The average Bonchev–Trinajstić information content (AvgIpc) is 3.37. The van der Waals surface area contributed by atoms with Crippen LogP contribution in [0, 0.1) is 0 Å². The Hall–Kier alpha value is -2.36. The molecule has 0 aliphatic rings. The van der Waals surface area contributed by atoms with Crippen LogP contribution < -0.4 is 5.73 Å². The molecule has 0 saturated carbocycles. The van der Waals surface area contributed by atoms with Crippen LogP contribution >= 0.6 is 19.2 Å². The van der Waals surface area contributed by atoms with Gasteiger partial charge in [0.15, 0.2) is 0 Å². The molecule has 182 valence electrons. The number of thiophene rings is 1. The number of nitrogens with two attached hydrogens (primary N) is 1. The first-order chi connectivity index (χ1) is 16.2. The summed E-state index contributed by atoms with van der Waals surface area (Å²) < 4.78 is 15.4. The molecule has 0 spiro atoms. The first-order valence-electron chi connectivity index (χ1n) is 10.6. The molecule has 2 aromatic carbocycles. The van der Waals surface area contributed by atoms with E-state index < -0.39 is 26.6 Å². The zero-order valence-corrected chi connectivity index (χ0v) is 20.5. The maximum absolute atomic E-state index is 10.9. The van der Waals surface area contributed by atoms with Crippen LogP contribution in [0.2, 0.25) is 0 Å². The van der Waals surface area contributed by atoms with Gasteiger partial charge >= 0.3 is 7.82 Å². The quantitative estimate of drug-likeness (QED) is 0.166. The predicted octanol–water partition coefficient (Wildman–Crippen LogP) is 4.09. The van der Waals surface area contributed by atoms with Gasteiger partial charge in [-0.3, -0.25) is 4.52 Å². The Balaban J connectivity index is 1.50. The number of benzene rings is 2. The number of hydrogen-bond donors (Lipinski definition) is 4. The number of aliphatic hydroxyl groups is 1. The van der Waals surface area contributed by atoms with E-state index in [4.69, 9.17) is 20.4 Å². The van der Waals surface area contributed by atoms with Crippen molar-refractivity contribution in [3.05, 3.63) is 82.0 Å². The smallest absolute Gasteiger partial charge is 0.394 e. The van der Waals surface area contributed by atoms with Gasteiger partial charge in [0.1, 0.15) is 6.61 Å². The minimum atomic E-state index is -4.65. The van der Waals surface area contributed by atoms with Gasteiger partial charge in [0.05, 0.1) is 24.5 Å². The zero-order chi connectivity index (χ0) is 24.6. The third kappa shape index (κ3) is 8.14. The van der Waals surface area contributed by atoms with Crippen LogP contribution in [0.3, 0.4) is 0 Å². The normalized spacial score (nSPS) is 14.1. The molecule has 34 heavy (non-hydrogen) atoms. The Bertz CT molecular complexity index is 1110. The Kier molecular flexibility index (Phi) is 9.16. The lowest BCUT2D eigenvalue weighted by Crippen LogP contribution is -2.48. The molecule has 1 atom stereocenters. The highest BCUT2D eigenvalue weighted by Crippen LogP contribution is 2.36. The van der Waals surface area contributed by atoms with E-state index in [9.17, 15) is 9.67 Å². The molecule has 0 amide bonds. The van der Waals surface area contributed by atoms with Gasteiger partial charge in [-0.1, -0.05) is 53.7 Å². The highest BCUT2D eigenvalue weighted by Gasteiger charge is 2.28. The van der Waals surface area contributed by atoms with Crippen LogP contribution in [0.15, 0.2) is 70.5 Å². The van der Waals surface area contributed by atoms with E-state index in [1.807, 2.05) is 43.3 Å². The molecule has 3 rings (SSSR count). The van der Waals surface area contributed by atoms with Gasteiger partial charge in [0.2, 0.25) is 0 Å². The SMILES string of the molecule is C/C(=N\OCc1ccc(-c2ccsc2)cc1)c1ccc(CCC(N)(CO)COP(=O)(O)O)cc1. The van der Waals surface area contributed by atoms with Crippen molar-refractivity contribution in [2.45, 2.75) is 31.9 Å². The molecular weight excluding hydrogens is 475 g/mol. The summed E-state index contributed by atoms with van der Waals surface area (Å²) >= 11 is 1.67. The Morgan fingerprint density at radius 2 is 1.74 bits per heavy atom. The van der Waals surface area contributed by atoms with E-state index in [0.29, 0.717) is 19.4 Å². The highest BCUT2D eigenvalue weighted by molar-refractivity contribution is 7.46. The lowest BCUT2D eigenvalue weighted by Gasteiger charge is -2.27. The molecule has 0 fully saturated rings. The Morgan fingerprint density at radius 1 is 1.06 bits per heavy atom. The molecule has 0 bridgehead atoms. The molecule has 8 nitrogen and oxygen atoms in total. The summed E-state index contributed by atoms with van der Waals surface area (Å²) in [6, 6.07) is 17.9. The van der Waals surface area contributed by atoms with Crippen molar-refractivity contribution >= 4 is 24.9 Å². The van der Waals surface area contributed by atoms with Crippen molar-refractivity contribution in [2.24, 2.45) is 10.9 Å². The largest absolute Gasteiger partial charge is 0.469 e. The molecule has 5 N–H and O–H groups in total. The Labute approximate surface area is 202 Å². The van der Waals surface area contributed by atoms with E-state index in [-0.39, 0.29) is 0 Å². The lowest BCUT2D eigenvalue weighted by atomic mass is 9.93. The number of nitrogens with zero attached hydrogens (tertiary/aromatic N) is 1. The molecule has 0 aliphatic heterocycles. The first kappa shape index (κ1) is 26.2. The van der Waals surface area contributed by atoms with Crippen molar-refractivity contribution in [1.82, 2.24) is 0 Å². The number of phosphoric acid groups is 1. The summed E-state index contributed by atoms with van der Waals surface area (Å²) in [7, 11) is -4.65. The van der Waals surface area contributed by atoms with Crippen molar-refractivity contribution in [3.63, 3.8) is 0 Å². The first-order valence-corrected chi connectivity index (χ1v) is 13.1. The summed E-state index contributed by atoms with van der Waals surface area (Å²) in [5.74, 6) is 0. The van der Waals surface area contributed by atoms with E-state index in [2.05, 4.69) is 38.6 Å². The zero-order valence-electron chi connectivity index (χ0n) is 18.8. The van der Waals surface area contributed by atoms with Crippen LogP contribution in [0.25, 0.3) is 11.1 Å². The van der Waals surface area contributed by atoms with E-state index in [1.165, 1.54) is 11.1 Å². The van der Waals surface area contributed by atoms with Gasteiger partial charge in [-0.25, -0.2) is 4.57 Å². The fourth-order valence-corrected chi connectivity index (χ4v) is 4.28. The van der Waals surface area contributed by atoms with E-state index >= 15 is 0 Å². The van der Waals surface area contributed by atoms with Gasteiger partial charge < -0.3 is 25.5 Å². The molecule has 1 heterocycles. The second kappa shape index (κ2) is 11.9. The van der Waals surface area contributed by atoms with Crippen LogP contribution in [-0.4, -0.2) is 39.4 Å². The molecular formula is C24H29N2O6PS. The number of rotatable bonds is 12. The summed E-state index contributed by atoms with van der Waals surface area (Å²) in [6.45, 7) is 1.34. The number of aryl methyl sites for hydroxylation is 1. The maximum Gasteiger partial charge on any atom is 0.469 e. The molecule has 0 aliphatic carbocycles. The van der Waals surface area contributed by atoms with Crippen LogP contribution in [0.4, 0.5) is 0 Å². The molecule has 3 aromatic rings.